The van der Waals surface area contributed by atoms with Crippen LogP contribution in [0.2, 0.25) is 0 Å². The van der Waals surface area contributed by atoms with Gasteiger partial charge in [-0.05, 0) is 47.0 Å². The Morgan fingerprint density at radius 1 is 1.08 bits per heavy atom. The number of halogens is 4. The molecule has 0 fully saturated rings. The van der Waals surface area contributed by atoms with Gasteiger partial charge in [-0.25, -0.2) is 4.79 Å². The van der Waals surface area contributed by atoms with E-state index < -0.39 is 12.3 Å². The van der Waals surface area contributed by atoms with Gasteiger partial charge in [-0.1, -0.05) is 12.1 Å². The van der Waals surface area contributed by atoms with E-state index in [4.69, 9.17) is 5.73 Å². The van der Waals surface area contributed by atoms with Crippen molar-refractivity contribution >= 4 is 18.4 Å². The fraction of sp³-hybridized carbons (Fsp3) is 0.188. The van der Waals surface area contributed by atoms with Crippen LogP contribution in [-0.4, -0.2) is 19.4 Å². The van der Waals surface area contributed by atoms with Gasteiger partial charge in [-0.15, -0.1) is 25.6 Å². The maximum absolute atomic E-state index is 12.4. The van der Waals surface area contributed by atoms with Crippen molar-refractivity contribution < 1.29 is 27.4 Å². The van der Waals surface area contributed by atoms with Gasteiger partial charge in [0.25, 0.3) is 0 Å². The number of esters is 1. The van der Waals surface area contributed by atoms with Gasteiger partial charge in [0.05, 0.1) is 12.7 Å². The van der Waals surface area contributed by atoms with E-state index in [0.717, 1.165) is 0 Å². The molecule has 0 heterocycles. The topological polar surface area (TPSA) is 61.5 Å². The summed E-state index contributed by atoms with van der Waals surface area (Å²) in [6.07, 6.45) is -4.78. The van der Waals surface area contributed by atoms with Gasteiger partial charge in [0.1, 0.15) is 5.75 Å². The van der Waals surface area contributed by atoms with Crippen LogP contribution in [-0.2, 0) is 11.3 Å². The first-order valence-electron chi connectivity index (χ1n) is 6.61. The molecule has 24 heavy (non-hydrogen) atoms. The zero-order valence-corrected chi connectivity index (χ0v) is 13.4. The number of ether oxygens (including phenoxy) is 2. The Hall–Kier alpha value is -2.25. The molecule has 2 rings (SSSR count). The summed E-state index contributed by atoms with van der Waals surface area (Å²) in [4.78, 5) is 11.4. The number of carbonyl (C=O) groups is 1. The molecule has 0 atom stereocenters. The van der Waals surface area contributed by atoms with E-state index in [9.17, 15) is 18.0 Å². The van der Waals surface area contributed by atoms with Crippen LogP contribution in [0.3, 0.4) is 0 Å². The van der Waals surface area contributed by atoms with Crippen molar-refractivity contribution in [3.63, 3.8) is 0 Å². The van der Waals surface area contributed by atoms with Gasteiger partial charge >= 0.3 is 12.3 Å². The minimum atomic E-state index is -4.78. The van der Waals surface area contributed by atoms with Crippen LogP contribution < -0.4 is 10.5 Å². The number of nitrogens with two attached hydrogens (primary N) is 1. The molecule has 0 amide bonds. The van der Waals surface area contributed by atoms with Crippen LogP contribution in [0.1, 0.15) is 15.9 Å². The third kappa shape index (κ3) is 5.14. The molecule has 2 aromatic rings. The van der Waals surface area contributed by atoms with E-state index in [-0.39, 0.29) is 24.7 Å². The van der Waals surface area contributed by atoms with Crippen molar-refractivity contribution in [2.75, 3.05) is 7.11 Å². The summed E-state index contributed by atoms with van der Waals surface area (Å²) in [6.45, 7) is 0.0717. The Morgan fingerprint density at radius 3 is 2.21 bits per heavy atom. The molecule has 0 aromatic heterocycles. The normalized spacial score (nSPS) is 10.7. The third-order valence-electron chi connectivity index (χ3n) is 3.07. The second-order valence-electron chi connectivity index (χ2n) is 4.69. The quantitative estimate of drug-likeness (QED) is 0.838. The molecule has 0 radical (unpaired) electrons. The van der Waals surface area contributed by atoms with Gasteiger partial charge in [0, 0.05) is 6.54 Å². The fourth-order valence-corrected chi connectivity index (χ4v) is 2.05. The average Bonchev–Trinajstić information content (AvgIpc) is 2.52. The number of rotatable bonds is 4. The van der Waals surface area contributed by atoms with Crippen LogP contribution >= 0.6 is 12.4 Å². The summed E-state index contributed by atoms with van der Waals surface area (Å²) in [5.41, 5.74) is 7.49. The van der Waals surface area contributed by atoms with E-state index in [0.29, 0.717) is 22.3 Å². The molecule has 0 unspecified atom stereocenters. The second-order valence-corrected chi connectivity index (χ2v) is 4.69. The van der Waals surface area contributed by atoms with Gasteiger partial charge in [-0.3, -0.25) is 0 Å². The van der Waals surface area contributed by atoms with Gasteiger partial charge in [0.2, 0.25) is 0 Å². The van der Waals surface area contributed by atoms with Gasteiger partial charge < -0.3 is 15.2 Å². The first kappa shape index (κ1) is 19.8. The van der Waals surface area contributed by atoms with Crippen LogP contribution in [0, 0.1) is 0 Å². The molecule has 2 aromatic carbocycles. The Labute approximate surface area is 142 Å². The zero-order chi connectivity index (χ0) is 17.0. The zero-order valence-electron chi connectivity index (χ0n) is 12.6. The van der Waals surface area contributed by atoms with Crippen molar-refractivity contribution in [2.45, 2.75) is 12.9 Å². The number of hydrogen-bond donors (Lipinski definition) is 1. The van der Waals surface area contributed by atoms with E-state index in [1.54, 1.807) is 18.2 Å². The first-order valence-corrected chi connectivity index (χ1v) is 6.61. The highest BCUT2D eigenvalue weighted by molar-refractivity contribution is 5.90. The largest absolute Gasteiger partial charge is 0.573 e. The lowest BCUT2D eigenvalue weighted by molar-refractivity contribution is -0.274. The number of alkyl halides is 3. The number of methoxy groups -OCH3 is 1. The van der Waals surface area contributed by atoms with Crippen molar-refractivity contribution in [3.05, 3.63) is 53.6 Å². The molecule has 0 bridgehead atoms. The standard InChI is InChI=1S/C16H14F3NO3.ClH/c1-22-15(21)12-4-2-11(3-5-12)13-6-10(9-20)7-14(8-13)23-16(17,18)19;/h2-8H,9,20H2,1H3;1H. The number of carbonyl (C=O) groups excluding carboxylic acids is 1. The SMILES string of the molecule is COC(=O)c1ccc(-c2cc(CN)cc(OC(F)(F)F)c2)cc1.Cl. The summed E-state index contributed by atoms with van der Waals surface area (Å²) in [5.74, 6) is -0.833. The molecule has 8 heteroatoms. The van der Waals surface area contributed by atoms with E-state index in [1.807, 2.05) is 0 Å². The molecule has 0 aliphatic carbocycles. The molecule has 0 aliphatic rings. The maximum atomic E-state index is 12.4. The molecule has 4 nitrogen and oxygen atoms in total. The summed E-state index contributed by atoms with van der Waals surface area (Å²) in [7, 11) is 1.27. The molecule has 0 saturated carbocycles. The van der Waals surface area contributed by atoms with Crippen molar-refractivity contribution in [2.24, 2.45) is 5.73 Å². The van der Waals surface area contributed by atoms with Crippen LogP contribution in [0.5, 0.6) is 5.75 Å². The van der Waals surface area contributed by atoms with Crippen LogP contribution in [0.25, 0.3) is 11.1 Å². The lowest BCUT2D eigenvalue weighted by atomic mass is 10.0. The minimum absolute atomic E-state index is 0. The highest BCUT2D eigenvalue weighted by Crippen LogP contribution is 2.30. The second kappa shape index (κ2) is 8.03. The third-order valence-corrected chi connectivity index (χ3v) is 3.07. The monoisotopic (exact) mass is 361 g/mol. The molecular weight excluding hydrogens is 347 g/mol. The van der Waals surface area contributed by atoms with E-state index in [2.05, 4.69) is 9.47 Å². The van der Waals surface area contributed by atoms with Crippen LogP contribution in [0.15, 0.2) is 42.5 Å². The van der Waals surface area contributed by atoms with E-state index in [1.165, 1.54) is 31.4 Å². The minimum Gasteiger partial charge on any atom is -0.465 e. The Balaban J connectivity index is 0.00000288. The van der Waals surface area contributed by atoms with Crippen LogP contribution in [0.4, 0.5) is 13.2 Å². The van der Waals surface area contributed by atoms with E-state index >= 15 is 0 Å². The molecule has 0 saturated heterocycles. The van der Waals surface area contributed by atoms with Crippen molar-refractivity contribution in [3.8, 4) is 16.9 Å². The lowest BCUT2D eigenvalue weighted by Gasteiger charge is -2.12. The smallest absolute Gasteiger partial charge is 0.465 e. The van der Waals surface area contributed by atoms with Crippen molar-refractivity contribution in [1.82, 2.24) is 0 Å². The summed E-state index contributed by atoms with van der Waals surface area (Å²) < 4.78 is 45.7. The molecule has 0 aliphatic heterocycles. The predicted octanol–water partition coefficient (Wildman–Crippen LogP) is 3.92. The highest BCUT2D eigenvalue weighted by atomic mass is 35.5. The molecule has 0 spiro atoms. The van der Waals surface area contributed by atoms with Gasteiger partial charge in [0.15, 0.2) is 0 Å². The number of hydrogen-bond acceptors (Lipinski definition) is 4. The Bertz CT molecular complexity index is 703. The maximum Gasteiger partial charge on any atom is 0.573 e. The molecular formula is C16H15ClF3NO3. The summed E-state index contributed by atoms with van der Waals surface area (Å²) >= 11 is 0. The lowest BCUT2D eigenvalue weighted by Crippen LogP contribution is -2.17. The molecule has 130 valence electrons. The highest BCUT2D eigenvalue weighted by Gasteiger charge is 2.31. The van der Waals surface area contributed by atoms with Crippen molar-refractivity contribution in [1.29, 1.82) is 0 Å². The number of benzene rings is 2. The predicted molar refractivity (Wildman–Crippen MR) is 85.0 cm³/mol. The van der Waals surface area contributed by atoms with Gasteiger partial charge in [-0.2, -0.15) is 0 Å². The molecule has 2 N–H and O–H groups in total. The Morgan fingerprint density at radius 2 is 1.71 bits per heavy atom. The summed E-state index contributed by atoms with van der Waals surface area (Å²) in [6, 6.07) is 10.4. The average molecular weight is 362 g/mol. The summed E-state index contributed by atoms with van der Waals surface area (Å²) in [5, 5.41) is 0. The Kier molecular flexibility index (Phi) is 6.62. The fourth-order valence-electron chi connectivity index (χ4n) is 2.05. The first-order chi connectivity index (χ1) is 10.8.